The molecule has 1 aromatic carbocycles. The zero-order valence-electron chi connectivity index (χ0n) is 17.6. The lowest BCUT2D eigenvalue weighted by Gasteiger charge is -2.29. The van der Waals surface area contributed by atoms with Crippen LogP contribution in [0.4, 0.5) is 0 Å². The van der Waals surface area contributed by atoms with Crippen molar-refractivity contribution in [2.45, 2.75) is 70.4 Å². The fourth-order valence-corrected chi connectivity index (χ4v) is 4.46. The van der Waals surface area contributed by atoms with E-state index in [1.807, 2.05) is 32.0 Å². The zero-order chi connectivity index (χ0) is 21.3. The minimum Gasteiger partial charge on any atom is -0.360 e. The molecule has 0 aromatic heterocycles. The topological polar surface area (TPSA) is 99.8 Å². The molecule has 3 aliphatic heterocycles. The fraction of sp³-hybridized carbons (Fsp3) is 0.591. The van der Waals surface area contributed by atoms with E-state index in [1.54, 1.807) is 4.90 Å². The lowest BCUT2D eigenvalue weighted by atomic mass is 10.0. The molecule has 0 saturated carbocycles. The Labute approximate surface area is 176 Å². The number of rotatable bonds is 7. The van der Waals surface area contributed by atoms with Gasteiger partial charge in [-0.2, -0.15) is 0 Å². The molecule has 1 unspecified atom stereocenters. The highest BCUT2D eigenvalue weighted by Gasteiger charge is 2.39. The highest BCUT2D eigenvalue weighted by atomic mass is 16.5. The number of nitrogens with one attached hydrogen (secondary N) is 3. The van der Waals surface area contributed by atoms with Crippen molar-refractivity contribution in [2.24, 2.45) is 0 Å². The van der Waals surface area contributed by atoms with E-state index in [-0.39, 0.29) is 29.9 Å². The second-order valence-electron chi connectivity index (χ2n) is 8.87. The molecular formula is C22H30N4O4. The molecule has 30 heavy (non-hydrogen) atoms. The summed E-state index contributed by atoms with van der Waals surface area (Å²) in [5.41, 5.74) is 2.42. The number of nitrogens with zero attached hydrogens (tertiary/aromatic N) is 1. The van der Waals surface area contributed by atoms with Gasteiger partial charge in [-0.1, -0.05) is 12.1 Å². The first-order valence-corrected chi connectivity index (χ1v) is 10.7. The number of hydrogen-bond donors (Lipinski definition) is 3. The van der Waals surface area contributed by atoms with Crippen molar-refractivity contribution < 1.29 is 19.1 Å². The molecule has 3 amide bonds. The summed E-state index contributed by atoms with van der Waals surface area (Å²) in [6.45, 7) is 6.85. The van der Waals surface area contributed by atoms with Crippen LogP contribution in [0.25, 0.3) is 0 Å². The van der Waals surface area contributed by atoms with E-state index in [1.165, 1.54) is 0 Å². The Morgan fingerprint density at radius 3 is 2.83 bits per heavy atom. The third kappa shape index (κ3) is 4.55. The molecule has 1 aromatic rings. The maximum Gasteiger partial charge on any atom is 0.255 e. The fourth-order valence-electron chi connectivity index (χ4n) is 4.46. The van der Waals surface area contributed by atoms with E-state index < -0.39 is 6.04 Å². The highest BCUT2D eigenvalue weighted by molar-refractivity contribution is 6.05. The van der Waals surface area contributed by atoms with Crippen LogP contribution in [-0.2, 0) is 27.4 Å². The van der Waals surface area contributed by atoms with Crippen molar-refractivity contribution in [3.05, 3.63) is 34.9 Å². The molecule has 8 nitrogen and oxygen atoms in total. The Hall–Kier alpha value is -2.29. The lowest BCUT2D eigenvalue weighted by Crippen LogP contribution is -2.52. The van der Waals surface area contributed by atoms with E-state index in [4.69, 9.17) is 4.74 Å². The minimum atomic E-state index is -0.567. The molecule has 2 atom stereocenters. The molecule has 4 rings (SSSR count). The standard InChI is InChI=1S/C22H30N4O4/c1-22(2)25-16(13-30-22)4-3-9-23-11-14-5-6-15-12-26(21(29)17(15)10-14)18-7-8-19(27)24-20(18)28/h5-6,10,16,18,23,25H,3-4,7-9,11-13H2,1-2H3,(H,24,27,28)/t16-,18?/m0/s1. The van der Waals surface area contributed by atoms with Crippen LogP contribution in [0.2, 0.25) is 0 Å². The van der Waals surface area contributed by atoms with Crippen molar-refractivity contribution in [2.75, 3.05) is 13.2 Å². The summed E-state index contributed by atoms with van der Waals surface area (Å²) in [6, 6.07) is 5.76. The SMILES string of the molecule is CC1(C)N[C@@H](CCCNCc2ccc3c(c2)C(=O)N(C2CCC(=O)NC2=O)C3)CO1. The van der Waals surface area contributed by atoms with Gasteiger partial charge in [0.05, 0.1) is 6.61 Å². The van der Waals surface area contributed by atoms with Gasteiger partial charge in [0.1, 0.15) is 11.8 Å². The van der Waals surface area contributed by atoms with Gasteiger partial charge in [-0.25, -0.2) is 0 Å². The molecule has 0 spiro atoms. The van der Waals surface area contributed by atoms with Crippen molar-refractivity contribution >= 4 is 17.7 Å². The average Bonchev–Trinajstić information content (AvgIpc) is 3.21. The van der Waals surface area contributed by atoms with Gasteiger partial charge in [0, 0.05) is 31.1 Å². The maximum absolute atomic E-state index is 12.9. The van der Waals surface area contributed by atoms with Gasteiger partial charge in [-0.3, -0.25) is 25.0 Å². The number of hydrogen-bond acceptors (Lipinski definition) is 6. The molecule has 0 bridgehead atoms. The van der Waals surface area contributed by atoms with E-state index in [9.17, 15) is 14.4 Å². The number of benzene rings is 1. The van der Waals surface area contributed by atoms with Crippen molar-refractivity contribution in [1.29, 1.82) is 0 Å². The smallest absolute Gasteiger partial charge is 0.255 e. The second-order valence-corrected chi connectivity index (χ2v) is 8.87. The van der Waals surface area contributed by atoms with Crippen molar-refractivity contribution in [1.82, 2.24) is 20.9 Å². The van der Waals surface area contributed by atoms with Gasteiger partial charge in [0.2, 0.25) is 11.8 Å². The maximum atomic E-state index is 12.9. The Morgan fingerprint density at radius 2 is 2.10 bits per heavy atom. The predicted octanol–water partition coefficient (Wildman–Crippen LogP) is 1.04. The summed E-state index contributed by atoms with van der Waals surface area (Å²) < 4.78 is 5.69. The Kier molecular flexibility index (Phi) is 5.90. The predicted molar refractivity (Wildman–Crippen MR) is 110 cm³/mol. The van der Waals surface area contributed by atoms with Crippen LogP contribution >= 0.6 is 0 Å². The summed E-state index contributed by atoms with van der Waals surface area (Å²) in [4.78, 5) is 38.0. The van der Waals surface area contributed by atoms with Crippen LogP contribution < -0.4 is 16.0 Å². The largest absolute Gasteiger partial charge is 0.360 e. The van der Waals surface area contributed by atoms with Crippen LogP contribution in [-0.4, -0.2) is 53.6 Å². The van der Waals surface area contributed by atoms with Gasteiger partial charge >= 0.3 is 0 Å². The first-order valence-electron chi connectivity index (χ1n) is 10.7. The number of ether oxygens (including phenoxy) is 1. The molecule has 3 aliphatic rings. The van der Waals surface area contributed by atoms with Crippen LogP contribution in [0.3, 0.4) is 0 Å². The average molecular weight is 415 g/mol. The second kappa shape index (κ2) is 8.45. The Morgan fingerprint density at radius 1 is 1.27 bits per heavy atom. The number of carbonyl (C=O) groups excluding carboxylic acids is 3. The van der Waals surface area contributed by atoms with Crippen LogP contribution in [0.15, 0.2) is 18.2 Å². The molecule has 8 heteroatoms. The lowest BCUT2D eigenvalue weighted by molar-refractivity contribution is -0.136. The quantitative estimate of drug-likeness (QED) is 0.455. The van der Waals surface area contributed by atoms with Crippen LogP contribution in [0.1, 0.15) is 61.0 Å². The summed E-state index contributed by atoms with van der Waals surface area (Å²) in [5, 5.41) is 9.25. The summed E-state index contributed by atoms with van der Waals surface area (Å²) in [6.07, 6.45) is 2.76. The molecule has 2 saturated heterocycles. The number of fused-ring (bicyclic) bond motifs is 1. The molecule has 3 N–H and O–H groups in total. The first-order chi connectivity index (χ1) is 14.3. The van der Waals surface area contributed by atoms with Gasteiger partial charge in [0.15, 0.2) is 0 Å². The molecule has 162 valence electrons. The number of amides is 3. The summed E-state index contributed by atoms with van der Waals surface area (Å²) >= 11 is 0. The third-order valence-electron chi connectivity index (χ3n) is 6.02. The Bertz CT molecular complexity index is 854. The van der Waals surface area contributed by atoms with Crippen molar-refractivity contribution in [3.8, 4) is 0 Å². The van der Waals surface area contributed by atoms with Gasteiger partial charge in [-0.15, -0.1) is 0 Å². The van der Waals surface area contributed by atoms with Gasteiger partial charge in [-0.05, 0) is 56.8 Å². The molecule has 0 radical (unpaired) electrons. The van der Waals surface area contributed by atoms with Crippen LogP contribution in [0, 0.1) is 0 Å². The summed E-state index contributed by atoms with van der Waals surface area (Å²) in [5.74, 6) is -0.773. The van der Waals surface area contributed by atoms with Crippen molar-refractivity contribution in [3.63, 3.8) is 0 Å². The van der Waals surface area contributed by atoms with E-state index >= 15 is 0 Å². The summed E-state index contributed by atoms with van der Waals surface area (Å²) in [7, 11) is 0. The molecule has 2 fully saturated rings. The van der Waals surface area contributed by atoms with E-state index in [0.717, 1.165) is 37.1 Å². The number of piperidine rings is 1. The van der Waals surface area contributed by atoms with E-state index in [2.05, 4.69) is 16.0 Å². The third-order valence-corrected chi connectivity index (χ3v) is 6.02. The van der Waals surface area contributed by atoms with Gasteiger partial charge in [0.25, 0.3) is 5.91 Å². The number of imide groups is 1. The normalized spacial score (nSPS) is 25.5. The zero-order valence-corrected chi connectivity index (χ0v) is 17.6. The molecular weight excluding hydrogens is 384 g/mol. The van der Waals surface area contributed by atoms with Gasteiger partial charge < -0.3 is 15.0 Å². The highest BCUT2D eigenvalue weighted by Crippen LogP contribution is 2.28. The first kappa shape index (κ1) is 21.0. The number of carbonyl (C=O) groups is 3. The van der Waals surface area contributed by atoms with Crippen LogP contribution in [0.5, 0.6) is 0 Å². The monoisotopic (exact) mass is 414 g/mol. The van der Waals surface area contributed by atoms with E-state index in [0.29, 0.717) is 31.1 Å². The minimum absolute atomic E-state index is 0.128. The molecule has 0 aliphatic carbocycles. The molecule has 3 heterocycles. The Balaban J connectivity index is 1.26.